The van der Waals surface area contributed by atoms with Gasteiger partial charge in [-0.2, -0.15) is 5.26 Å². The maximum Gasteiger partial charge on any atom is 0.226 e. The van der Waals surface area contributed by atoms with Crippen LogP contribution in [0.25, 0.3) is 0 Å². The van der Waals surface area contributed by atoms with Gasteiger partial charge in [0.25, 0.3) is 0 Å². The molecular weight excluding hydrogens is 214 g/mol. The van der Waals surface area contributed by atoms with Crippen molar-refractivity contribution < 1.29 is 4.79 Å². The molecule has 0 spiro atoms. The van der Waals surface area contributed by atoms with E-state index in [0.717, 1.165) is 11.4 Å². The molecule has 0 unspecified atom stereocenters. The van der Waals surface area contributed by atoms with Crippen LogP contribution >= 0.6 is 0 Å². The summed E-state index contributed by atoms with van der Waals surface area (Å²) < 4.78 is 1.98. The van der Waals surface area contributed by atoms with Crippen molar-refractivity contribution in [2.45, 2.75) is 45.6 Å². The van der Waals surface area contributed by atoms with Gasteiger partial charge >= 0.3 is 0 Å². The highest BCUT2D eigenvalue weighted by molar-refractivity contribution is 5.94. The highest BCUT2D eigenvalue weighted by Gasteiger charge is 2.31. The molecule has 2 heterocycles. The van der Waals surface area contributed by atoms with Crippen molar-refractivity contribution in [2.24, 2.45) is 0 Å². The molecule has 0 saturated heterocycles. The van der Waals surface area contributed by atoms with Crippen molar-refractivity contribution in [3.05, 3.63) is 17.3 Å². The maximum absolute atomic E-state index is 11.6. The number of anilines is 1. The van der Waals surface area contributed by atoms with Gasteiger partial charge in [0.15, 0.2) is 0 Å². The van der Waals surface area contributed by atoms with Gasteiger partial charge in [0, 0.05) is 23.7 Å². The van der Waals surface area contributed by atoms with Crippen LogP contribution < -0.4 is 5.32 Å². The van der Waals surface area contributed by atoms with Gasteiger partial charge in [-0.05, 0) is 26.7 Å². The number of hydrogen-bond donors (Lipinski definition) is 1. The molecule has 17 heavy (non-hydrogen) atoms. The summed E-state index contributed by atoms with van der Waals surface area (Å²) in [6.45, 7) is 8.16. The normalized spacial score (nSPS) is 19.5. The molecule has 0 aliphatic carbocycles. The number of nitrogens with zero attached hydrogens (tertiary/aromatic N) is 2. The molecule has 4 heteroatoms. The molecule has 2 rings (SSSR count). The second-order valence-electron chi connectivity index (χ2n) is 5.61. The number of rotatable bonds is 0. The summed E-state index contributed by atoms with van der Waals surface area (Å²) in [5.74, 6) is 0.924. The van der Waals surface area contributed by atoms with E-state index in [4.69, 9.17) is 0 Å². The van der Waals surface area contributed by atoms with Crippen molar-refractivity contribution in [3.8, 4) is 6.07 Å². The molecule has 1 aromatic rings. The van der Waals surface area contributed by atoms with Crippen molar-refractivity contribution in [2.75, 3.05) is 5.32 Å². The van der Waals surface area contributed by atoms with Gasteiger partial charge in [-0.1, -0.05) is 6.92 Å². The Morgan fingerprint density at radius 2 is 2.18 bits per heavy atom. The van der Waals surface area contributed by atoms with Crippen LogP contribution in [0.3, 0.4) is 0 Å². The van der Waals surface area contributed by atoms with E-state index >= 15 is 0 Å². The van der Waals surface area contributed by atoms with E-state index in [-0.39, 0.29) is 17.4 Å². The maximum atomic E-state index is 11.6. The van der Waals surface area contributed by atoms with Crippen molar-refractivity contribution in [3.63, 3.8) is 0 Å². The molecule has 0 saturated carbocycles. The fraction of sp³-hybridized carbons (Fsp3) is 0.538. The van der Waals surface area contributed by atoms with Crippen LogP contribution in [0.1, 0.15) is 51.2 Å². The van der Waals surface area contributed by atoms with Crippen LogP contribution in [0.5, 0.6) is 0 Å². The Kier molecular flexibility index (Phi) is 2.50. The number of amides is 1. The van der Waals surface area contributed by atoms with Gasteiger partial charge in [0.05, 0.1) is 5.56 Å². The molecule has 1 aliphatic rings. The van der Waals surface area contributed by atoms with E-state index in [2.05, 4.69) is 32.2 Å². The third kappa shape index (κ3) is 1.82. The first-order chi connectivity index (χ1) is 7.84. The summed E-state index contributed by atoms with van der Waals surface area (Å²) in [6.07, 6.45) is 2.29. The summed E-state index contributed by atoms with van der Waals surface area (Å²) >= 11 is 0. The van der Waals surface area contributed by atoms with Gasteiger partial charge < -0.3 is 9.88 Å². The highest BCUT2D eigenvalue weighted by atomic mass is 16.1. The largest absolute Gasteiger partial charge is 0.328 e. The first-order valence-corrected chi connectivity index (χ1v) is 5.80. The highest BCUT2D eigenvalue weighted by Crippen LogP contribution is 2.38. The van der Waals surface area contributed by atoms with E-state index in [1.165, 1.54) is 0 Å². The summed E-state index contributed by atoms with van der Waals surface area (Å²) in [5, 5.41) is 12.1. The fourth-order valence-corrected chi connectivity index (χ4v) is 2.33. The first kappa shape index (κ1) is 11.7. The monoisotopic (exact) mass is 231 g/mol. The van der Waals surface area contributed by atoms with Gasteiger partial charge in [0.2, 0.25) is 5.91 Å². The second kappa shape index (κ2) is 3.63. The molecule has 0 radical (unpaired) electrons. The Balaban J connectivity index is 2.67. The lowest BCUT2D eigenvalue weighted by Gasteiger charge is -2.28. The lowest BCUT2D eigenvalue weighted by molar-refractivity contribution is -0.116. The van der Waals surface area contributed by atoms with Gasteiger partial charge in [-0.3, -0.25) is 4.79 Å². The van der Waals surface area contributed by atoms with Crippen molar-refractivity contribution >= 4 is 11.7 Å². The quantitative estimate of drug-likeness (QED) is 0.746. The SMILES string of the molecule is C[C@@H]1CC(=O)Nc2c1c(C#N)cn2C(C)(C)C. The molecule has 90 valence electrons. The van der Waals surface area contributed by atoms with E-state index in [0.29, 0.717) is 12.0 Å². The Morgan fingerprint density at radius 3 is 2.71 bits per heavy atom. The van der Waals surface area contributed by atoms with E-state index < -0.39 is 0 Å². The molecule has 1 N–H and O–H groups in total. The van der Waals surface area contributed by atoms with E-state index in [1.54, 1.807) is 0 Å². The Labute approximate surface area is 101 Å². The van der Waals surface area contributed by atoms with Crippen LogP contribution in [-0.2, 0) is 10.3 Å². The summed E-state index contributed by atoms with van der Waals surface area (Å²) in [4.78, 5) is 11.6. The third-order valence-electron chi connectivity index (χ3n) is 3.13. The minimum Gasteiger partial charge on any atom is -0.328 e. The number of aromatic nitrogens is 1. The van der Waals surface area contributed by atoms with Crippen LogP contribution in [-0.4, -0.2) is 10.5 Å². The molecule has 0 fully saturated rings. The van der Waals surface area contributed by atoms with E-state index in [9.17, 15) is 10.1 Å². The number of carbonyl (C=O) groups excluding carboxylic acids is 1. The Hall–Kier alpha value is -1.76. The molecular formula is C13H17N3O. The molecule has 4 nitrogen and oxygen atoms in total. The summed E-state index contributed by atoms with van der Waals surface area (Å²) in [5.41, 5.74) is 1.49. The number of hydrogen-bond acceptors (Lipinski definition) is 2. The zero-order chi connectivity index (χ0) is 12.8. The Bertz CT molecular complexity index is 514. The lowest BCUT2D eigenvalue weighted by Crippen LogP contribution is -2.28. The van der Waals surface area contributed by atoms with Gasteiger partial charge in [0.1, 0.15) is 11.9 Å². The summed E-state index contributed by atoms with van der Waals surface area (Å²) in [6, 6.07) is 2.22. The second-order valence-corrected chi connectivity index (χ2v) is 5.61. The molecule has 0 aromatic carbocycles. The van der Waals surface area contributed by atoms with Crippen LogP contribution in [0.15, 0.2) is 6.20 Å². The van der Waals surface area contributed by atoms with Crippen LogP contribution in [0.2, 0.25) is 0 Å². The topological polar surface area (TPSA) is 57.8 Å². The van der Waals surface area contributed by atoms with Gasteiger partial charge in [-0.15, -0.1) is 0 Å². The van der Waals surface area contributed by atoms with Crippen molar-refractivity contribution in [1.29, 1.82) is 5.26 Å². The average Bonchev–Trinajstić information content (AvgIpc) is 2.55. The smallest absolute Gasteiger partial charge is 0.226 e. The number of nitriles is 1. The molecule has 1 aromatic heterocycles. The number of fused-ring (bicyclic) bond motifs is 1. The van der Waals surface area contributed by atoms with Crippen LogP contribution in [0.4, 0.5) is 5.82 Å². The Morgan fingerprint density at radius 1 is 1.53 bits per heavy atom. The molecule has 0 bridgehead atoms. The fourth-order valence-electron chi connectivity index (χ4n) is 2.33. The minimum atomic E-state index is -0.149. The molecule has 1 amide bonds. The number of carbonyl (C=O) groups is 1. The predicted octanol–water partition coefficient (Wildman–Crippen LogP) is 2.56. The zero-order valence-corrected chi connectivity index (χ0v) is 10.7. The first-order valence-electron chi connectivity index (χ1n) is 5.80. The van der Waals surface area contributed by atoms with Crippen LogP contribution in [0, 0.1) is 11.3 Å². The minimum absolute atomic E-state index is 0.0260. The third-order valence-corrected chi connectivity index (χ3v) is 3.13. The van der Waals surface area contributed by atoms with E-state index in [1.807, 2.05) is 17.7 Å². The van der Waals surface area contributed by atoms with Crippen molar-refractivity contribution in [1.82, 2.24) is 4.57 Å². The number of nitrogens with one attached hydrogen (secondary N) is 1. The lowest BCUT2D eigenvalue weighted by atomic mass is 9.93. The predicted molar refractivity (Wildman–Crippen MR) is 65.8 cm³/mol. The summed E-state index contributed by atoms with van der Waals surface area (Å²) in [7, 11) is 0. The average molecular weight is 231 g/mol. The molecule has 1 atom stereocenters. The van der Waals surface area contributed by atoms with Gasteiger partial charge in [-0.25, -0.2) is 0 Å². The zero-order valence-electron chi connectivity index (χ0n) is 10.7. The molecule has 1 aliphatic heterocycles. The standard InChI is InChI=1S/C13H17N3O/c1-8-5-10(17)15-12-11(8)9(6-14)7-16(12)13(2,3)4/h7-8H,5H2,1-4H3,(H,15,17)/t8-/m1/s1.